The van der Waals surface area contributed by atoms with Crippen LogP contribution in [0.3, 0.4) is 0 Å². The summed E-state index contributed by atoms with van der Waals surface area (Å²) in [6.45, 7) is 0. The highest BCUT2D eigenvalue weighted by Crippen LogP contribution is 2.16. The van der Waals surface area contributed by atoms with E-state index in [2.05, 4.69) is 0 Å². The molecule has 1 N–H and O–H groups in total. The zero-order valence-corrected chi connectivity index (χ0v) is 5.71. The summed E-state index contributed by atoms with van der Waals surface area (Å²) in [6, 6.07) is 0. The molecule has 0 atom stereocenters. The topological polar surface area (TPSA) is 57.6 Å². The molecule has 0 amide bonds. The zero-order chi connectivity index (χ0) is 7.89. The van der Waals surface area contributed by atoms with Crippen molar-refractivity contribution in [2.45, 2.75) is 0 Å². The first kappa shape index (κ1) is 6.80. The van der Waals surface area contributed by atoms with E-state index >= 15 is 0 Å². The first-order chi connectivity index (χ1) is 4.55. The van der Waals surface area contributed by atoms with Crippen LogP contribution in [0.1, 0.15) is 0 Å². The van der Waals surface area contributed by atoms with E-state index in [1.54, 1.807) is 14.1 Å². The summed E-state index contributed by atoms with van der Waals surface area (Å²) >= 11 is 0. The molecule has 0 unspecified atom stereocenters. The average molecular weight is 141 g/mol. The number of nitrogens with zero attached hydrogens (tertiary/aromatic N) is 1. The third kappa shape index (κ3) is 0.618. The summed E-state index contributed by atoms with van der Waals surface area (Å²) in [5.41, 5.74) is -1.30. The van der Waals surface area contributed by atoms with Gasteiger partial charge < -0.3 is 10.0 Å². The zero-order valence-electron chi connectivity index (χ0n) is 5.71. The molecular formula is C6H7NO3. The van der Waals surface area contributed by atoms with Crippen molar-refractivity contribution in [3.05, 3.63) is 20.4 Å². The van der Waals surface area contributed by atoms with Crippen molar-refractivity contribution in [1.82, 2.24) is 0 Å². The van der Waals surface area contributed by atoms with Gasteiger partial charge in [0.25, 0.3) is 10.9 Å². The molecule has 0 heterocycles. The molecule has 0 bridgehead atoms. The quantitative estimate of drug-likeness (QED) is 0.512. The molecule has 0 aliphatic rings. The van der Waals surface area contributed by atoms with E-state index < -0.39 is 16.6 Å². The van der Waals surface area contributed by atoms with E-state index in [4.69, 9.17) is 5.11 Å². The van der Waals surface area contributed by atoms with Gasteiger partial charge in [0, 0.05) is 14.1 Å². The average Bonchev–Trinajstić information content (AvgIpc) is 1.87. The maximum absolute atomic E-state index is 10.6. The molecule has 1 aromatic rings. The molecule has 0 aliphatic carbocycles. The Labute approximate surface area is 57.0 Å². The van der Waals surface area contributed by atoms with Gasteiger partial charge in [0.15, 0.2) is 5.75 Å². The summed E-state index contributed by atoms with van der Waals surface area (Å²) in [5, 5.41) is 8.78. The number of rotatable bonds is 1. The molecule has 10 heavy (non-hydrogen) atoms. The van der Waals surface area contributed by atoms with Crippen LogP contribution < -0.4 is 15.8 Å². The molecule has 54 valence electrons. The maximum atomic E-state index is 10.6. The Hall–Kier alpha value is -1.32. The lowest BCUT2D eigenvalue weighted by atomic mass is 10.2. The number of hydrogen-bond donors (Lipinski definition) is 1. The fourth-order valence-corrected chi connectivity index (χ4v) is 0.783. The minimum Gasteiger partial charge on any atom is -0.502 e. The Morgan fingerprint density at radius 3 is 1.90 bits per heavy atom. The van der Waals surface area contributed by atoms with Crippen LogP contribution in [0.25, 0.3) is 0 Å². The standard InChI is InChI=1S/C6H7NO3/c1-7(2)3-4(8)6(10)5(3)9/h8H,1-2H3. The van der Waals surface area contributed by atoms with Gasteiger partial charge in [-0.15, -0.1) is 0 Å². The normalized spacial score (nSPS) is 10.2. The van der Waals surface area contributed by atoms with Crippen LogP contribution in [-0.2, 0) is 0 Å². The van der Waals surface area contributed by atoms with Crippen molar-refractivity contribution in [2.24, 2.45) is 0 Å². The molecule has 0 aliphatic heterocycles. The van der Waals surface area contributed by atoms with Gasteiger partial charge in [-0.25, -0.2) is 0 Å². The van der Waals surface area contributed by atoms with Crippen LogP contribution in [0, 0.1) is 0 Å². The lowest BCUT2D eigenvalue weighted by Gasteiger charge is -2.13. The van der Waals surface area contributed by atoms with Gasteiger partial charge in [0.1, 0.15) is 5.69 Å². The Bertz CT molecular complexity index is 319. The molecule has 1 rings (SSSR count). The molecule has 4 nitrogen and oxygen atoms in total. The molecular weight excluding hydrogens is 134 g/mol. The predicted octanol–water partition coefficient (Wildman–Crippen LogP) is -0.946. The van der Waals surface area contributed by atoms with E-state index in [-0.39, 0.29) is 5.69 Å². The Kier molecular flexibility index (Phi) is 1.24. The van der Waals surface area contributed by atoms with E-state index in [0.717, 1.165) is 0 Å². The van der Waals surface area contributed by atoms with Crippen molar-refractivity contribution in [3.63, 3.8) is 0 Å². The van der Waals surface area contributed by atoms with E-state index in [9.17, 15) is 9.59 Å². The lowest BCUT2D eigenvalue weighted by Crippen LogP contribution is -2.36. The minimum atomic E-state index is -0.788. The Balaban J connectivity index is 3.23. The van der Waals surface area contributed by atoms with Crippen LogP contribution in [0.15, 0.2) is 9.59 Å². The summed E-state index contributed by atoms with van der Waals surface area (Å²) in [6.07, 6.45) is 0. The number of hydrogen-bond acceptors (Lipinski definition) is 4. The van der Waals surface area contributed by atoms with Crippen LogP contribution in [0.4, 0.5) is 5.69 Å². The van der Waals surface area contributed by atoms with Gasteiger partial charge in [-0.2, -0.15) is 0 Å². The smallest absolute Gasteiger partial charge is 0.271 e. The molecule has 0 saturated carbocycles. The van der Waals surface area contributed by atoms with E-state index in [0.29, 0.717) is 0 Å². The van der Waals surface area contributed by atoms with Gasteiger partial charge in [0.2, 0.25) is 0 Å². The predicted molar refractivity (Wildman–Crippen MR) is 37.3 cm³/mol. The molecule has 1 aromatic carbocycles. The lowest BCUT2D eigenvalue weighted by molar-refractivity contribution is 0.463. The third-order valence-corrected chi connectivity index (χ3v) is 1.31. The second-order valence-electron chi connectivity index (χ2n) is 2.25. The van der Waals surface area contributed by atoms with Crippen molar-refractivity contribution in [3.8, 4) is 5.75 Å². The highest BCUT2D eigenvalue weighted by atomic mass is 16.3. The molecule has 0 radical (unpaired) electrons. The van der Waals surface area contributed by atoms with Gasteiger partial charge in [-0.3, -0.25) is 9.59 Å². The summed E-state index contributed by atoms with van der Waals surface area (Å²) in [7, 11) is 3.19. The monoisotopic (exact) mass is 141 g/mol. The first-order valence-corrected chi connectivity index (χ1v) is 2.75. The third-order valence-electron chi connectivity index (χ3n) is 1.31. The number of aromatic hydroxyl groups is 1. The van der Waals surface area contributed by atoms with Crippen LogP contribution in [-0.4, -0.2) is 19.2 Å². The fraction of sp³-hybridized carbons (Fsp3) is 0.333. The van der Waals surface area contributed by atoms with Crippen LogP contribution in [0.2, 0.25) is 0 Å². The second kappa shape index (κ2) is 1.83. The molecule has 0 spiro atoms. The first-order valence-electron chi connectivity index (χ1n) is 2.75. The van der Waals surface area contributed by atoms with Gasteiger partial charge in [-0.05, 0) is 0 Å². The minimum absolute atomic E-state index is 0.102. The van der Waals surface area contributed by atoms with Gasteiger partial charge >= 0.3 is 0 Å². The van der Waals surface area contributed by atoms with Crippen molar-refractivity contribution >= 4 is 5.69 Å². The fourth-order valence-electron chi connectivity index (χ4n) is 0.783. The summed E-state index contributed by atoms with van der Waals surface area (Å²) in [5.74, 6) is -0.421. The molecule has 0 aromatic heterocycles. The van der Waals surface area contributed by atoms with Crippen LogP contribution in [0.5, 0.6) is 5.75 Å². The van der Waals surface area contributed by atoms with Crippen molar-refractivity contribution in [1.29, 1.82) is 0 Å². The van der Waals surface area contributed by atoms with Gasteiger partial charge in [0.05, 0.1) is 0 Å². The highest BCUT2D eigenvalue weighted by molar-refractivity contribution is 5.61. The molecule has 4 heteroatoms. The largest absolute Gasteiger partial charge is 0.502 e. The van der Waals surface area contributed by atoms with Crippen molar-refractivity contribution < 1.29 is 5.11 Å². The highest BCUT2D eigenvalue weighted by Gasteiger charge is 2.20. The van der Waals surface area contributed by atoms with Crippen molar-refractivity contribution in [2.75, 3.05) is 19.0 Å². The Morgan fingerprint density at radius 2 is 1.70 bits per heavy atom. The summed E-state index contributed by atoms with van der Waals surface area (Å²) in [4.78, 5) is 22.4. The van der Waals surface area contributed by atoms with E-state index in [1.165, 1.54) is 4.90 Å². The molecule has 0 saturated heterocycles. The van der Waals surface area contributed by atoms with E-state index in [1.807, 2.05) is 0 Å². The second-order valence-corrected chi connectivity index (χ2v) is 2.25. The maximum Gasteiger partial charge on any atom is 0.271 e. The number of anilines is 1. The van der Waals surface area contributed by atoms with Crippen LogP contribution >= 0.6 is 0 Å². The molecule has 0 fully saturated rings. The van der Waals surface area contributed by atoms with Gasteiger partial charge in [-0.1, -0.05) is 0 Å². The summed E-state index contributed by atoms with van der Waals surface area (Å²) < 4.78 is 0. The SMILES string of the molecule is CN(C)c1c(O)c(=O)c1=O. The Morgan fingerprint density at radius 1 is 1.20 bits per heavy atom.